The Morgan fingerprint density at radius 2 is 0.630 bits per heavy atom. The van der Waals surface area contributed by atoms with Crippen LogP contribution in [0.2, 0.25) is 0 Å². The molecule has 6 rings (SSSR count). The molecule has 2 radical (unpaired) electrons. The monoisotopic (exact) mass is 858 g/mol. The quantitative estimate of drug-likeness (QED) is 0.0884. The summed E-state index contributed by atoms with van der Waals surface area (Å²) >= 11 is 0. The third-order valence-electron chi connectivity index (χ3n) is 10.2. The predicted octanol–water partition coefficient (Wildman–Crippen LogP) is 8.05. The van der Waals surface area contributed by atoms with Crippen LogP contribution in [0.15, 0.2) is 89.9 Å². The summed E-state index contributed by atoms with van der Waals surface area (Å²) in [6.45, 7) is 26.4. The number of hydrogen-bond donors (Lipinski definition) is 0. The van der Waals surface area contributed by atoms with Crippen molar-refractivity contribution in [3.05, 3.63) is 157 Å². The van der Waals surface area contributed by atoms with Gasteiger partial charge in [-0.05, 0) is 183 Å². The molecule has 0 spiro atoms. The van der Waals surface area contributed by atoms with Gasteiger partial charge in [0.25, 0.3) is 0 Å². The Bertz CT molecular complexity index is 2130. The number of para-hydroxylation sites is 2. The van der Waals surface area contributed by atoms with Gasteiger partial charge in [0.15, 0.2) is 0 Å². The average Bonchev–Trinajstić information content (AvgIpc) is 3.01. The number of rotatable bonds is 7. The molecular weight excluding hydrogens is 809 g/mol. The van der Waals surface area contributed by atoms with Gasteiger partial charge in [-0.25, -0.2) is 0 Å². The first kappa shape index (κ1) is 44.6. The van der Waals surface area contributed by atoms with E-state index < -0.39 is 0 Å². The first-order valence-electron chi connectivity index (χ1n) is 18.1. The van der Waals surface area contributed by atoms with Crippen molar-refractivity contribution in [2.45, 2.75) is 83.1 Å². The third kappa shape index (κ3) is 8.84. The molecule has 0 aliphatic carbocycles. The minimum Gasteiger partial charge on any atom is -1.00 e. The molecule has 0 N–H and O–H groups in total. The van der Waals surface area contributed by atoms with Crippen molar-refractivity contribution in [2.75, 3.05) is 0 Å². The van der Waals surface area contributed by atoms with E-state index in [4.69, 9.17) is 10.3 Å². The Hall–Kier alpha value is -3.81. The molecule has 0 aliphatic rings. The Morgan fingerprint density at radius 3 is 0.907 bits per heavy atom. The topological polar surface area (TPSA) is 26.5 Å². The summed E-state index contributed by atoms with van der Waals surface area (Å²) in [6, 6.07) is 31.4. The number of aliphatic imine (C=N–C) groups is 1. The van der Waals surface area contributed by atoms with Gasteiger partial charge in [-0.3, -0.25) is 0 Å². The molecule has 0 amide bonds. The van der Waals surface area contributed by atoms with Gasteiger partial charge in [0, 0.05) is 0 Å². The van der Waals surface area contributed by atoms with Crippen LogP contribution in [-0.2, 0) is 0 Å². The summed E-state index contributed by atoms with van der Waals surface area (Å²) in [5, 5.41) is 5.36. The predicted molar refractivity (Wildman–Crippen MR) is 228 cm³/mol. The fraction of sp³-hybridized carbons (Fsp3) is 0.245. The average molecular weight is 861 g/mol. The van der Waals surface area contributed by atoms with Gasteiger partial charge in [0.2, 0.25) is 0 Å². The standard InChI is InChI=1S/C49H51N2.2ClH.Sb/c1-28-19-32(5)44(33(6)20-28)40-15-13-16-41(45-34(7)21-29(2)22-35(45)8)48(40)50-27-51-49-42(46-36(9)23-30(3)24-37(46)10)17-14-18-43(49)47-38(11)25-31(4)26-39(47)12;;;/h13-27H,1-12H3;2*1H;/q-1;;;+3/p-2. The summed E-state index contributed by atoms with van der Waals surface area (Å²) in [6.07, 6.45) is 1.81. The van der Waals surface area contributed by atoms with E-state index in [2.05, 4.69) is 168 Å². The van der Waals surface area contributed by atoms with Crippen molar-refractivity contribution in [2.24, 2.45) is 4.99 Å². The zero-order valence-electron chi connectivity index (χ0n) is 33.8. The second kappa shape index (κ2) is 18.2. The minimum absolute atomic E-state index is 0. The molecule has 0 heterocycles. The second-order valence-corrected chi connectivity index (χ2v) is 14.9. The molecular formula is C49H51Cl2N2Sb. The molecule has 0 bridgehead atoms. The van der Waals surface area contributed by atoms with Crippen molar-refractivity contribution in [1.29, 1.82) is 0 Å². The van der Waals surface area contributed by atoms with Crippen LogP contribution in [0, 0.1) is 83.1 Å². The van der Waals surface area contributed by atoms with Crippen molar-refractivity contribution in [1.82, 2.24) is 0 Å². The van der Waals surface area contributed by atoms with Crippen LogP contribution in [0.1, 0.15) is 66.8 Å². The van der Waals surface area contributed by atoms with Crippen molar-refractivity contribution >= 4 is 42.1 Å². The molecule has 276 valence electrons. The summed E-state index contributed by atoms with van der Waals surface area (Å²) < 4.78 is 0. The molecule has 0 saturated heterocycles. The van der Waals surface area contributed by atoms with E-state index >= 15 is 0 Å². The Balaban J connectivity index is 0.00000261. The maximum Gasteiger partial charge on any atom is 3.00 e. The van der Waals surface area contributed by atoms with Crippen molar-refractivity contribution in [3.8, 4) is 44.5 Å². The smallest absolute Gasteiger partial charge is 1.00 e. The van der Waals surface area contributed by atoms with Gasteiger partial charge in [0.1, 0.15) is 0 Å². The van der Waals surface area contributed by atoms with E-state index in [-0.39, 0.29) is 49.2 Å². The molecule has 54 heavy (non-hydrogen) atoms. The van der Waals surface area contributed by atoms with E-state index in [0.29, 0.717) is 0 Å². The Labute approximate surface area is 354 Å². The largest absolute Gasteiger partial charge is 3.00 e. The number of benzene rings is 6. The van der Waals surface area contributed by atoms with Crippen LogP contribution < -0.4 is 24.8 Å². The van der Waals surface area contributed by atoms with E-state index in [9.17, 15) is 0 Å². The summed E-state index contributed by atoms with van der Waals surface area (Å²) in [4.78, 5) is 5.36. The number of aryl methyl sites for hydroxylation is 12. The molecule has 0 fully saturated rings. The first-order valence-corrected chi connectivity index (χ1v) is 18.1. The molecule has 0 aromatic heterocycles. The number of nitrogens with zero attached hydrogens (tertiary/aromatic N) is 2. The molecule has 0 aliphatic heterocycles. The van der Waals surface area contributed by atoms with E-state index in [0.717, 1.165) is 33.6 Å². The van der Waals surface area contributed by atoms with E-state index in [1.54, 1.807) is 6.34 Å². The Kier molecular flexibility index (Phi) is 15.0. The molecule has 0 saturated carbocycles. The Morgan fingerprint density at radius 1 is 0.389 bits per heavy atom. The molecule has 6 aromatic rings. The van der Waals surface area contributed by atoms with Gasteiger partial charge in [0.05, 0.1) is 0 Å². The van der Waals surface area contributed by atoms with Crippen molar-refractivity contribution in [3.63, 3.8) is 0 Å². The molecule has 0 unspecified atom stereocenters. The molecule has 2 nitrogen and oxygen atoms in total. The van der Waals surface area contributed by atoms with E-state index in [1.807, 2.05) is 0 Å². The summed E-state index contributed by atoms with van der Waals surface area (Å²) in [7, 11) is 0. The third-order valence-corrected chi connectivity index (χ3v) is 10.2. The van der Waals surface area contributed by atoms with Crippen molar-refractivity contribution < 1.29 is 24.8 Å². The molecule has 5 heteroatoms. The zero-order valence-corrected chi connectivity index (χ0v) is 37.8. The van der Waals surface area contributed by atoms with Gasteiger partial charge in [-0.1, -0.05) is 114 Å². The maximum absolute atomic E-state index is 5.36. The van der Waals surface area contributed by atoms with Crippen LogP contribution >= 0.6 is 0 Å². The van der Waals surface area contributed by atoms with Gasteiger partial charge >= 0.3 is 24.4 Å². The number of hydrogen-bond acceptors (Lipinski definition) is 1. The van der Waals surface area contributed by atoms with Crippen LogP contribution in [0.5, 0.6) is 0 Å². The fourth-order valence-electron chi connectivity index (χ4n) is 8.74. The summed E-state index contributed by atoms with van der Waals surface area (Å²) in [5.74, 6) is 0. The molecule has 0 atom stereocenters. The van der Waals surface area contributed by atoms with Gasteiger partial charge in [-0.2, -0.15) is 0 Å². The fourth-order valence-corrected chi connectivity index (χ4v) is 8.74. The SMILES string of the molecule is Cc1cc(C)c(-c2cccc(-c3c(C)cc(C)cc3C)c2N=C[N-]c2c(-c3c(C)cc(C)cc3C)cccc2-c2c(C)cc(C)cc2C)c(C)c1.[Cl-].[Cl-].[Sb+3]. The van der Waals surface area contributed by atoms with Crippen LogP contribution in [-0.4, -0.2) is 30.8 Å². The summed E-state index contributed by atoms with van der Waals surface area (Å²) in [5.41, 5.74) is 26.4. The zero-order chi connectivity index (χ0) is 36.7. The van der Waals surface area contributed by atoms with E-state index in [1.165, 1.54) is 89.0 Å². The molecule has 6 aromatic carbocycles. The van der Waals surface area contributed by atoms with Crippen LogP contribution in [0.3, 0.4) is 0 Å². The minimum atomic E-state index is 0. The van der Waals surface area contributed by atoms with Gasteiger partial charge < -0.3 is 35.1 Å². The van der Waals surface area contributed by atoms with Crippen LogP contribution in [0.25, 0.3) is 49.8 Å². The normalized spacial score (nSPS) is 10.8. The van der Waals surface area contributed by atoms with Gasteiger partial charge in [-0.15, -0.1) is 0 Å². The second-order valence-electron chi connectivity index (χ2n) is 14.9. The van der Waals surface area contributed by atoms with Crippen LogP contribution in [0.4, 0.5) is 11.4 Å². The number of halogens is 2. The first-order chi connectivity index (χ1) is 24.2. The maximum atomic E-state index is 5.36.